The van der Waals surface area contributed by atoms with Crippen molar-refractivity contribution in [2.75, 3.05) is 6.54 Å². The number of carbonyl (C=O) groups is 5. The van der Waals surface area contributed by atoms with Crippen molar-refractivity contribution in [3.63, 3.8) is 0 Å². The number of hydrogen-bond acceptors (Lipinski definition) is 7. The Morgan fingerprint density at radius 2 is 1.26 bits per heavy atom. The van der Waals surface area contributed by atoms with E-state index in [2.05, 4.69) is 10.6 Å². The van der Waals surface area contributed by atoms with Crippen LogP contribution in [0.15, 0.2) is 48.5 Å². The molecule has 12 nitrogen and oxygen atoms in total. The lowest BCUT2D eigenvalue weighted by Crippen LogP contribution is -2.46. The first-order valence-electron chi connectivity index (χ1n) is 12.2. The Balaban J connectivity index is 1.29. The zero-order chi connectivity index (χ0) is 27.4. The molecule has 0 radical (unpaired) electrons. The smallest absolute Gasteiger partial charge is 0.326 e. The average molecular weight is 525 g/mol. The molecule has 0 spiro atoms. The van der Waals surface area contributed by atoms with Gasteiger partial charge in [0.15, 0.2) is 0 Å². The third kappa shape index (κ3) is 5.85. The van der Waals surface area contributed by atoms with Crippen LogP contribution < -0.4 is 10.6 Å². The Kier molecular flexibility index (Phi) is 7.79. The number of carboxylic acids is 1. The van der Waals surface area contributed by atoms with Crippen LogP contribution in [0.2, 0.25) is 0 Å². The molecule has 2 fully saturated rings. The number of hydrogen-bond donors (Lipinski definition) is 5. The summed E-state index contributed by atoms with van der Waals surface area (Å²) >= 11 is 0. The molecule has 5 N–H and O–H groups in total. The quantitative estimate of drug-likeness (QED) is 0.216. The van der Waals surface area contributed by atoms with Gasteiger partial charge in [-0.25, -0.2) is 19.3 Å². The van der Waals surface area contributed by atoms with Crippen molar-refractivity contribution < 1.29 is 39.3 Å². The fourth-order valence-electron chi connectivity index (χ4n) is 4.61. The Morgan fingerprint density at radius 3 is 1.79 bits per heavy atom. The number of nitrogens with zero attached hydrogens (tertiary/aromatic N) is 2. The maximum Gasteiger partial charge on any atom is 0.326 e. The second-order valence-electron chi connectivity index (χ2n) is 9.29. The molecule has 4 rings (SSSR count). The third-order valence-electron chi connectivity index (χ3n) is 6.62. The minimum Gasteiger partial charge on any atom is -0.508 e. The lowest BCUT2D eigenvalue weighted by atomic mass is 10.0. The molecule has 0 aromatic heterocycles. The predicted octanol–water partition coefficient (Wildman–Crippen LogP) is 1.35. The fraction of sp³-hybridized carbons (Fsp3) is 0.346. The van der Waals surface area contributed by atoms with Crippen LogP contribution in [0.5, 0.6) is 11.5 Å². The molecular formula is C26H28N4O8. The van der Waals surface area contributed by atoms with Gasteiger partial charge in [0.1, 0.15) is 29.6 Å². The molecule has 2 heterocycles. The summed E-state index contributed by atoms with van der Waals surface area (Å²) in [6.07, 6.45) is 0.901. The zero-order valence-electron chi connectivity index (χ0n) is 20.4. The minimum absolute atomic E-state index is 0.0407. The number of unbranched alkanes of at least 4 members (excludes halogenated alkanes) is 1. The molecule has 200 valence electrons. The van der Waals surface area contributed by atoms with Gasteiger partial charge in [-0.3, -0.25) is 14.5 Å². The third-order valence-corrected chi connectivity index (χ3v) is 6.62. The molecule has 12 heteroatoms. The monoisotopic (exact) mass is 524 g/mol. The van der Waals surface area contributed by atoms with E-state index in [4.69, 9.17) is 0 Å². The second kappa shape index (κ2) is 11.2. The van der Waals surface area contributed by atoms with Crippen LogP contribution in [-0.2, 0) is 27.2 Å². The molecular weight excluding hydrogens is 496 g/mol. The average Bonchev–Trinajstić information content (AvgIpc) is 3.30. The molecule has 0 saturated carbocycles. The topological polar surface area (TPSA) is 177 Å². The Morgan fingerprint density at radius 1 is 0.763 bits per heavy atom. The van der Waals surface area contributed by atoms with E-state index in [1.807, 2.05) is 0 Å². The highest BCUT2D eigenvalue weighted by molar-refractivity contribution is 6.07. The van der Waals surface area contributed by atoms with Crippen molar-refractivity contribution in [3.8, 4) is 11.5 Å². The van der Waals surface area contributed by atoms with Crippen molar-refractivity contribution in [2.45, 2.75) is 50.2 Å². The standard InChI is InChI=1S/C26H28N4O8/c31-17-8-4-15(5-9-17)13-19-22(33)29(25(37)27-19)12-2-1-3-21(24(35)36)30-23(34)20(28-26(30)38)14-16-6-10-18(32)11-7-16/h4-11,19-21,31-32H,1-3,12-14H2,(H,27,37)(H,28,38)(H,35,36). The number of phenolic OH excluding ortho intramolecular Hbond substituents is 2. The number of urea groups is 2. The number of rotatable bonds is 11. The van der Waals surface area contributed by atoms with E-state index in [0.717, 1.165) is 15.4 Å². The largest absolute Gasteiger partial charge is 0.508 e. The molecule has 2 aliphatic heterocycles. The Labute approximate surface area is 217 Å². The van der Waals surface area contributed by atoms with Crippen LogP contribution in [0.4, 0.5) is 9.59 Å². The van der Waals surface area contributed by atoms with Crippen molar-refractivity contribution in [2.24, 2.45) is 0 Å². The normalized spacial score (nSPS) is 20.0. The maximum atomic E-state index is 12.9. The summed E-state index contributed by atoms with van der Waals surface area (Å²) in [5.41, 5.74) is 1.46. The number of amides is 6. The lowest BCUT2D eigenvalue weighted by Gasteiger charge is -2.22. The van der Waals surface area contributed by atoms with E-state index in [-0.39, 0.29) is 50.1 Å². The van der Waals surface area contributed by atoms with Crippen LogP contribution in [0.25, 0.3) is 0 Å². The molecule has 3 atom stereocenters. The number of nitrogens with one attached hydrogen (secondary N) is 2. The molecule has 2 aromatic carbocycles. The van der Waals surface area contributed by atoms with Crippen LogP contribution in [0.3, 0.4) is 0 Å². The van der Waals surface area contributed by atoms with Gasteiger partial charge >= 0.3 is 18.0 Å². The maximum absolute atomic E-state index is 12.9. The van der Waals surface area contributed by atoms with E-state index >= 15 is 0 Å². The predicted molar refractivity (Wildman–Crippen MR) is 132 cm³/mol. The minimum atomic E-state index is -1.39. The van der Waals surface area contributed by atoms with Crippen LogP contribution in [0, 0.1) is 0 Å². The van der Waals surface area contributed by atoms with Crippen LogP contribution in [-0.4, -0.2) is 79.6 Å². The number of aliphatic carboxylic acids is 1. The zero-order valence-corrected chi connectivity index (χ0v) is 20.4. The Hall–Kier alpha value is -4.61. The fourth-order valence-corrected chi connectivity index (χ4v) is 4.61. The molecule has 0 aliphatic carbocycles. The number of benzene rings is 2. The first-order valence-corrected chi connectivity index (χ1v) is 12.2. The van der Waals surface area contributed by atoms with Gasteiger partial charge in [-0.1, -0.05) is 24.3 Å². The van der Waals surface area contributed by atoms with Crippen molar-refractivity contribution in [3.05, 3.63) is 59.7 Å². The number of aromatic hydroxyl groups is 2. The first kappa shape index (κ1) is 26.5. The number of carboxylic acid groups (broad SMARTS) is 1. The van der Waals surface area contributed by atoms with E-state index in [1.54, 1.807) is 24.3 Å². The van der Waals surface area contributed by atoms with Gasteiger partial charge in [0, 0.05) is 19.4 Å². The highest BCUT2D eigenvalue weighted by Gasteiger charge is 2.44. The summed E-state index contributed by atoms with van der Waals surface area (Å²) < 4.78 is 0. The molecule has 2 saturated heterocycles. The van der Waals surface area contributed by atoms with Gasteiger partial charge in [0.2, 0.25) is 0 Å². The first-order chi connectivity index (χ1) is 18.1. The number of phenols is 2. The molecule has 3 unspecified atom stereocenters. The van der Waals surface area contributed by atoms with Gasteiger partial charge in [0.05, 0.1) is 0 Å². The highest BCUT2D eigenvalue weighted by atomic mass is 16.4. The lowest BCUT2D eigenvalue weighted by molar-refractivity contribution is -0.147. The number of carbonyl (C=O) groups excluding carboxylic acids is 4. The summed E-state index contributed by atoms with van der Waals surface area (Å²) in [6.45, 7) is 0.0622. The van der Waals surface area contributed by atoms with Gasteiger partial charge in [-0.05, 0) is 54.7 Å². The summed E-state index contributed by atoms with van der Waals surface area (Å²) in [5, 5.41) is 33.7. The Bertz CT molecular complexity index is 1230. The van der Waals surface area contributed by atoms with Gasteiger partial charge in [0.25, 0.3) is 11.8 Å². The van der Waals surface area contributed by atoms with Crippen LogP contribution >= 0.6 is 0 Å². The van der Waals surface area contributed by atoms with Gasteiger partial charge in [-0.2, -0.15) is 0 Å². The molecule has 2 aromatic rings. The van der Waals surface area contributed by atoms with E-state index in [1.165, 1.54) is 24.3 Å². The summed E-state index contributed by atoms with van der Waals surface area (Å²) in [7, 11) is 0. The molecule has 0 bridgehead atoms. The van der Waals surface area contributed by atoms with E-state index in [9.17, 15) is 39.3 Å². The van der Waals surface area contributed by atoms with E-state index < -0.39 is 48.0 Å². The van der Waals surface area contributed by atoms with Crippen molar-refractivity contribution in [1.82, 2.24) is 20.4 Å². The highest BCUT2D eigenvalue weighted by Crippen LogP contribution is 2.21. The summed E-state index contributed by atoms with van der Waals surface area (Å²) in [6, 6.07) is 8.04. The van der Waals surface area contributed by atoms with Crippen LogP contribution in [0.1, 0.15) is 30.4 Å². The summed E-state index contributed by atoms with van der Waals surface area (Å²) in [4.78, 5) is 64.1. The second-order valence-corrected chi connectivity index (χ2v) is 9.29. The van der Waals surface area contributed by atoms with Crippen molar-refractivity contribution >= 4 is 29.8 Å². The summed E-state index contributed by atoms with van der Waals surface area (Å²) in [5.74, 6) is -2.23. The molecule has 38 heavy (non-hydrogen) atoms. The number of imide groups is 2. The van der Waals surface area contributed by atoms with Gasteiger partial charge < -0.3 is 26.0 Å². The molecule has 6 amide bonds. The van der Waals surface area contributed by atoms with E-state index in [0.29, 0.717) is 5.56 Å². The molecule has 2 aliphatic rings. The SMILES string of the molecule is O=C(O)C(CCCCN1C(=O)NC(Cc2ccc(O)cc2)C1=O)N1C(=O)NC(Cc2ccc(O)cc2)C1=O. The van der Waals surface area contributed by atoms with Gasteiger partial charge in [-0.15, -0.1) is 0 Å². The van der Waals surface area contributed by atoms with Crippen molar-refractivity contribution in [1.29, 1.82) is 0 Å².